The molecule has 1 aromatic carbocycles. The molecule has 0 heterocycles. The van der Waals surface area contributed by atoms with Gasteiger partial charge in [-0.25, -0.2) is 0 Å². The summed E-state index contributed by atoms with van der Waals surface area (Å²) in [5, 5.41) is 11.6. The molecule has 4 nitrogen and oxygen atoms in total. The van der Waals surface area contributed by atoms with Crippen molar-refractivity contribution < 1.29 is 23.4 Å². The molecule has 1 atom stereocenters. The second kappa shape index (κ2) is 7.68. The molecule has 106 valence electrons. The van der Waals surface area contributed by atoms with Crippen molar-refractivity contribution in [1.82, 2.24) is 5.32 Å². The Morgan fingerprint density at radius 1 is 1.37 bits per heavy atom. The van der Waals surface area contributed by atoms with E-state index < -0.39 is 12.7 Å². The van der Waals surface area contributed by atoms with Gasteiger partial charge in [-0.15, -0.1) is 0 Å². The minimum absolute atomic E-state index is 0.0947. The average Bonchev–Trinajstić information content (AvgIpc) is 2.35. The monoisotopic (exact) mass is 273 g/mol. The van der Waals surface area contributed by atoms with Gasteiger partial charge in [0.1, 0.15) is 5.75 Å². The Bertz CT molecular complexity index is 393. The number of aliphatic hydroxyl groups excluding tert-OH is 1. The van der Waals surface area contributed by atoms with Crippen molar-refractivity contribution in [1.29, 1.82) is 0 Å². The zero-order valence-corrected chi connectivity index (χ0v) is 10.6. The first-order chi connectivity index (χ1) is 8.97. The van der Waals surface area contributed by atoms with Gasteiger partial charge >= 0.3 is 6.61 Å². The van der Waals surface area contributed by atoms with Crippen LogP contribution in [0.15, 0.2) is 24.3 Å². The highest BCUT2D eigenvalue weighted by molar-refractivity contribution is 5.76. The van der Waals surface area contributed by atoms with Crippen molar-refractivity contribution in [3.05, 3.63) is 29.8 Å². The first kappa shape index (κ1) is 15.4. The number of alkyl halides is 2. The van der Waals surface area contributed by atoms with Crippen LogP contribution in [0.4, 0.5) is 8.78 Å². The third kappa shape index (κ3) is 6.71. The van der Waals surface area contributed by atoms with Crippen LogP contribution in [0.25, 0.3) is 0 Å². The fourth-order valence-corrected chi connectivity index (χ4v) is 1.45. The SMILES string of the molecule is CC(O)CNC(=O)CCc1ccc(OC(F)F)cc1. The smallest absolute Gasteiger partial charge is 0.387 e. The lowest BCUT2D eigenvalue weighted by molar-refractivity contribution is -0.121. The number of ether oxygens (including phenoxy) is 1. The van der Waals surface area contributed by atoms with Crippen LogP contribution in [0.5, 0.6) is 5.75 Å². The largest absolute Gasteiger partial charge is 0.435 e. The van der Waals surface area contributed by atoms with Gasteiger partial charge in [0.25, 0.3) is 0 Å². The van der Waals surface area contributed by atoms with Gasteiger partial charge in [-0.2, -0.15) is 8.78 Å². The van der Waals surface area contributed by atoms with Gasteiger partial charge in [0.05, 0.1) is 6.10 Å². The van der Waals surface area contributed by atoms with E-state index in [1.807, 2.05) is 0 Å². The third-order valence-electron chi connectivity index (χ3n) is 2.38. The Labute approximate surface area is 110 Å². The number of hydrogen-bond donors (Lipinski definition) is 2. The number of nitrogens with one attached hydrogen (secondary N) is 1. The zero-order valence-electron chi connectivity index (χ0n) is 10.6. The molecule has 0 aromatic heterocycles. The maximum absolute atomic E-state index is 11.9. The van der Waals surface area contributed by atoms with Crippen LogP contribution in [0, 0.1) is 0 Å². The van der Waals surface area contributed by atoms with E-state index >= 15 is 0 Å². The van der Waals surface area contributed by atoms with Crippen LogP contribution in [0.1, 0.15) is 18.9 Å². The number of rotatable bonds is 7. The van der Waals surface area contributed by atoms with E-state index in [1.165, 1.54) is 12.1 Å². The summed E-state index contributed by atoms with van der Waals surface area (Å²) in [6.07, 6.45) is 0.206. The number of hydrogen-bond acceptors (Lipinski definition) is 3. The summed E-state index contributed by atoms with van der Waals surface area (Å²) >= 11 is 0. The van der Waals surface area contributed by atoms with Gasteiger partial charge in [-0.1, -0.05) is 12.1 Å². The van der Waals surface area contributed by atoms with Crippen LogP contribution >= 0.6 is 0 Å². The van der Waals surface area contributed by atoms with Gasteiger partial charge in [0, 0.05) is 13.0 Å². The zero-order chi connectivity index (χ0) is 14.3. The van der Waals surface area contributed by atoms with Crippen molar-refractivity contribution in [2.75, 3.05) is 6.54 Å². The standard InChI is InChI=1S/C13H17F2NO3/c1-9(17)8-16-12(18)7-4-10-2-5-11(6-3-10)19-13(14)15/h2-3,5-6,9,13,17H,4,7-8H2,1H3,(H,16,18). The molecule has 0 aliphatic heterocycles. The molecule has 0 bridgehead atoms. The van der Waals surface area contributed by atoms with Gasteiger partial charge in [-0.05, 0) is 31.0 Å². The molecule has 1 aromatic rings. The molecule has 1 unspecified atom stereocenters. The highest BCUT2D eigenvalue weighted by Crippen LogP contribution is 2.15. The summed E-state index contributed by atoms with van der Waals surface area (Å²) < 4.78 is 28.1. The second-order valence-corrected chi connectivity index (χ2v) is 4.18. The first-order valence-corrected chi connectivity index (χ1v) is 5.96. The van der Waals surface area contributed by atoms with E-state index in [0.717, 1.165) is 5.56 Å². The van der Waals surface area contributed by atoms with Crippen LogP contribution in [-0.4, -0.2) is 30.3 Å². The van der Waals surface area contributed by atoms with Crippen LogP contribution in [0.3, 0.4) is 0 Å². The highest BCUT2D eigenvalue weighted by atomic mass is 19.3. The summed E-state index contributed by atoms with van der Waals surface area (Å²) in [7, 11) is 0. The Kier molecular flexibility index (Phi) is 6.21. The van der Waals surface area contributed by atoms with E-state index in [2.05, 4.69) is 10.1 Å². The minimum Gasteiger partial charge on any atom is -0.435 e. The van der Waals surface area contributed by atoms with Gasteiger partial charge in [0.15, 0.2) is 0 Å². The number of benzene rings is 1. The Balaban J connectivity index is 2.35. The number of aryl methyl sites for hydroxylation is 1. The predicted octanol–water partition coefficient (Wildman–Crippen LogP) is 1.72. The Hall–Kier alpha value is -1.69. The van der Waals surface area contributed by atoms with Crippen LogP contribution < -0.4 is 10.1 Å². The molecule has 1 amide bonds. The fraction of sp³-hybridized carbons (Fsp3) is 0.462. The Morgan fingerprint density at radius 2 is 2.00 bits per heavy atom. The number of carbonyl (C=O) groups is 1. The Morgan fingerprint density at radius 3 is 2.53 bits per heavy atom. The van der Waals surface area contributed by atoms with Gasteiger partial charge < -0.3 is 15.2 Å². The fourth-order valence-electron chi connectivity index (χ4n) is 1.45. The van der Waals surface area contributed by atoms with E-state index in [1.54, 1.807) is 19.1 Å². The summed E-state index contributed by atoms with van der Waals surface area (Å²) in [5.41, 5.74) is 0.855. The molecule has 2 N–H and O–H groups in total. The average molecular weight is 273 g/mol. The minimum atomic E-state index is -2.84. The van der Waals surface area contributed by atoms with Crippen molar-refractivity contribution >= 4 is 5.91 Å². The normalized spacial score (nSPS) is 12.3. The van der Waals surface area contributed by atoms with Crippen molar-refractivity contribution in [2.24, 2.45) is 0 Å². The molecule has 19 heavy (non-hydrogen) atoms. The molecule has 0 aliphatic rings. The molecule has 6 heteroatoms. The molecular formula is C13H17F2NO3. The van der Waals surface area contributed by atoms with E-state index in [9.17, 15) is 13.6 Å². The molecule has 0 fully saturated rings. The summed E-state index contributed by atoms with van der Waals surface area (Å²) in [6, 6.07) is 6.16. The van der Waals surface area contributed by atoms with E-state index in [-0.39, 0.29) is 24.6 Å². The van der Waals surface area contributed by atoms with Gasteiger partial charge in [0.2, 0.25) is 5.91 Å². The molecule has 0 radical (unpaired) electrons. The number of halogens is 2. The highest BCUT2D eigenvalue weighted by Gasteiger charge is 2.06. The predicted molar refractivity (Wildman–Crippen MR) is 66.1 cm³/mol. The third-order valence-corrected chi connectivity index (χ3v) is 2.38. The lowest BCUT2D eigenvalue weighted by Crippen LogP contribution is -2.30. The number of amides is 1. The molecule has 0 spiro atoms. The molecule has 0 saturated carbocycles. The molecule has 0 saturated heterocycles. The van der Waals surface area contributed by atoms with E-state index in [4.69, 9.17) is 5.11 Å². The summed E-state index contributed by atoms with van der Waals surface area (Å²) in [5.74, 6) is -0.0638. The quantitative estimate of drug-likeness (QED) is 0.795. The topological polar surface area (TPSA) is 58.6 Å². The molecule has 0 aliphatic carbocycles. The summed E-state index contributed by atoms with van der Waals surface area (Å²) in [6.45, 7) is -1.03. The molecular weight excluding hydrogens is 256 g/mol. The van der Waals surface area contributed by atoms with Crippen molar-refractivity contribution in [2.45, 2.75) is 32.5 Å². The number of aliphatic hydroxyl groups is 1. The summed E-state index contributed by atoms with van der Waals surface area (Å²) in [4.78, 5) is 11.4. The van der Waals surface area contributed by atoms with Crippen LogP contribution in [-0.2, 0) is 11.2 Å². The maximum atomic E-state index is 11.9. The van der Waals surface area contributed by atoms with Crippen LogP contribution in [0.2, 0.25) is 0 Å². The molecule has 1 rings (SSSR count). The van der Waals surface area contributed by atoms with Gasteiger partial charge in [-0.3, -0.25) is 4.79 Å². The lowest BCUT2D eigenvalue weighted by Gasteiger charge is -2.08. The first-order valence-electron chi connectivity index (χ1n) is 5.96. The van der Waals surface area contributed by atoms with Crippen molar-refractivity contribution in [3.63, 3.8) is 0 Å². The lowest BCUT2D eigenvalue weighted by atomic mass is 10.1. The van der Waals surface area contributed by atoms with Crippen molar-refractivity contribution in [3.8, 4) is 5.75 Å². The number of carbonyl (C=O) groups excluding carboxylic acids is 1. The maximum Gasteiger partial charge on any atom is 0.387 e. The second-order valence-electron chi connectivity index (χ2n) is 4.18. The van der Waals surface area contributed by atoms with E-state index in [0.29, 0.717) is 6.42 Å².